The molecule has 0 spiro atoms. The monoisotopic (exact) mass is 631 g/mol. The van der Waals surface area contributed by atoms with Crippen molar-refractivity contribution in [3.05, 3.63) is 81.8 Å². The second-order valence-electron chi connectivity index (χ2n) is 10.6. The van der Waals surface area contributed by atoms with E-state index in [0.717, 1.165) is 50.5 Å². The van der Waals surface area contributed by atoms with E-state index in [1.165, 1.54) is 21.2 Å². The molecule has 43 heavy (non-hydrogen) atoms. The van der Waals surface area contributed by atoms with Crippen LogP contribution in [0.4, 0.5) is 0 Å². The average molecular weight is 633 g/mol. The molecule has 232 valence electrons. The van der Waals surface area contributed by atoms with Crippen molar-refractivity contribution >= 4 is 51.8 Å². The molecule has 0 saturated heterocycles. The van der Waals surface area contributed by atoms with Crippen LogP contribution in [-0.2, 0) is 36.7 Å². The Morgan fingerprint density at radius 1 is 0.744 bits per heavy atom. The number of unbranched alkanes of at least 4 members (excludes halogenated alkanes) is 4. The summed E-state index contributed by atoms with van der Waals surface area (Å²) in [4.78, 5) is 37.7. The first-order valence-electron chi connectivity index (χ1n) is 14.5. The van der Waals surface area contributed by atoms with E-state index >= 15 is 0 Å². The van der Waals surface area contributed by atoms with Gasteiger partial charge in [-0.15, -0.1) is 0 Å². The maximum absolute atomic E-state index is 13.3. The van der Waals surface area contributed by atoms with Crippen molar-refractivity contribution in [3.8, 4) is 0 Å². The van der Waals surface area contributed by atoms with E-state index in [1.54, 1.807) is 13.1 Å². The smallest absolute Gasteiger partial charge is 0.336 e. The first-order valence-corrected chi connectivity index (χ1v) is 15.3. The van der Waals surface area contributed by atoms with E-state index in [1.807, 2.05) is 24.3 Å². The molecule has 3 aromatic rings. The molecular weight excluding hydrogens is 593 g/mol. The number of likely N-dealkylation sites (N-methyl/N-ethyl adjacent to an activating group) is 1. The van der Waals surface area contributed by atoms with Gasteiger partial charge in [0.2, 0.25) is 0 Å². The number of carboxylic acids is 2. The van der Waals surface area contributed by atoms with Gasteiger partial charge in [0, 0.05) is 20.2 Å². The Labute approximate surface area is 262 Å². The van der Waals surface area contributed by atoms with Crippen LogP contribution in [0.5, 0.6) is 0 Å². The van der Waals surface area contributed by atoms with Crippen molar-refractivity contribution < 1.29 is 34.1 Å². The highest BCUT2D eigenvalue weighted by Crippen LogP contribution is 2.23. The third-order valence-corrected chi connectivity index (χ3v) is 7.93. The van der Waals surface area contributed by atoms with Gasteiger partial charge in [-0.2, -0.15) is 0 Å². The van der Waals surface area contributed by atoms with Crippen LogP contribution >= 0.6 is 23.2 Å². The number of nitrogens with zero attached hydrogens (tertiary/aromatic N) is 1. The third-order valence-electron chi connectivity index (χ3n) is 7.19. The molecule has 0 aliphatic heterocycles. The van der Waals surface area contributed by atoms with Crippen LogP contribution in [0.3, 0.4) is 0 Å². The lowest BCUT2D eigenvalue weighted by molar-refractivity contribution is -0.175. The van der Waals surface area contributed by atoms with Crippen molar-refractivity contribution in [3.63, 3.8) is 0 Å². The zero-order chi connectivity index (χ0) is 31.2. The fourth-order valence-corrected chi connectivity index (χ4v) is 5.15. The molecule has 0 heterocycles. The van der Waals surface area contributed by atoms with Gasteiger partial charge in [0.25, 0.3) is 5.91 Å². The molecule has 0 fully saturated rings. The molecule has 0 unspecified atom stereocenters. The summed E-state index contributed by atoms with van der Waals surface area (Å²) in [6.45, 7) is -0.324. The fourth-order valence-electron chi connectivity index (χ4n) is 4.83. The van der Waals surface area contributed by atoms with Crippen LogP contribution < -0.4 is 0 Å². The fraction of sp³-hybridized carbons (Fsp3) is 0.424. The summed E-state index contributed by atoms with van der Waals surface area (Å²) in [6, 6.07) is 20.2. The normalized spacial score (nSPS) is 12.6. The quantitative estimate of drug-likeness (QED) is 0.142. The lowest BCUT2D eigenvalue weighted by Crippen LogP contribution is -2.50. The first-order chi connectivity index (χ1) is 20.7. The number of aliphatic carboxylic acids is 2. The lowest BCUT2D eigenvalue weighted by atomic mass is 10.0. The molecule has 0 aliphatic carbocycles. The molecule has 0 saturated carbocycles. The van der Waals surface area contributed by atoms with E-state index in [0.29, 0.717) is 23.0 Å². The van der Waals surface area contributed by atoms with Gasteiger partial charge in [-0.05, 0) is 72.6 Å². The van der Waals surface area contributed by atoms with E-state index < -0.39 is 36.7 Å². The lowest BCUT2D eigenvalue weighted by Gasteiger charge is -2.27. The topological polar surface area (TPSA) is 113 Å². The number of rotatable bonds is 19. The summed E-state index contributed by atoms with van der Waals surface area (Å²) in [6.07, 6.45) is 3.23. The van der Waals surface area contributed by atoms with Crippen LogP contribution in [0.1, 0.15) is 49.7 Å². The predicted molar refractivity (Wildman–Crippen MR) is 168 cm³/mol. The number of carbonyl (C=O) groups is 3. The number of hydrogen-bond donors (Lipinski definition) is 2. The van der Waals surface area contributed by atoms with Crippen LogP contribution in [-0.4, -0.2) is 72.0 Å². The molecule has 0 aromatic heterocycles. The highest BCUT2D eigenvalue weighted by Gasteiger charge is 2.37. The van der Waals surface area contributed by atoms with Crippen molar-refractivity contribution in [2.75, 3.05) is 26.8 Å². The SMILES string of the molecule is CN(CCCCCc1ccc2ccccc2c1)C(=O)[C@H](OCCCCCc1ccc(Cl)c(Cl)c1)[C@@H](OCC(=O)O)C(=O)O. The van der Waals surface area contributed by atoms with Crippen LogP contribution in [0.15, 0.2) is 60.7 Å². The van der Waals surface area contributed by atoms with Crippen molar-refractivity contribution in [1.29, 1.82) is 0 Å². The minimum absolute atomic E-state index is 0.123. The zero-order valence-corrected chi connectivity index (χ0v) is 25.9. The second-order valence-corrected chi connectivity index (χ2v) is 11.4. The van der Waals surface area contributed by atoms with Gasteiger partial charge in [-0.25, -0.2) is 9.59 Å². The highest BCUT2D eigenvalue weighted by molar-refractivity contribution is 6.42. The molecular formula is C33H39Cl2NO7. The van der Waals surface area contributed by atoms with E-state index in [4.69, 9.17) is 37.8 Å². The van der Waals surface area contributed by atoms with Gasteiger partial charge in [-0.1, -0.05) is 84.6 Å². The molecule has 3 aromatic carbocycles. The number of halogens is 2. The van der Waals surface area contributed by atoms with Gasteiger partial charge >= 0.3 is 11.9 Å². The number of hydrogen-bond acceptors (Lipinski definition) is 5. The maximum atomic E-state index is 13.3. The van der Waals surface area contributed by atoms with E-state index in [2.05, 4.69) is 30.3 Å². The number of benzene rings is 3. The predicted octanol–water partition coefficient (Wildman–Crippen LogP) is 6.67. The molecule has 0 radical (unpaired) electrons. The summed E-state index contributed by atoms with van der Waals surface area (Å²) in [5.41, 5.74) is 2.31. The Kier molecular flexibility index (Phi) is 14.2. The van der Waals surface area contributed by atoms with Crippen LogP contribution in [0.2, 0.25) is 10.0 Å². The number of carboxylic acid groups (broad SMARTS) is 2. The van der Waals surface area contributed by atoms with Gasteiger partial charge < -0.3 is 24.6 Å². The number of aryl methyl sites for hydroxylation is 2. The number of ether oxygens (including phenoxy) is 2. The highest BCUT2D eigenvalue weighted by atomic mass is 35.5. The Morgan fingerprint density at radius 3 is 2.07 bits per heavy atom. The Bertz CT molecular complexity index is 1370. The van der Waals surface area contributed by atoms with Crippen molar-refractivity contribution in [2.45, 2.75) is 63.6 Å². The first kappa shape index (κ1) is 34.3. The molecule has 10 heteroatoms. The summed E-state index contributed by atoms with van der Waals surface area (Å²) >= 11 is 12.0. The van der Waals surface area contributed by atoms with Crippen LogP contribution in [0, 0.1) is 0 Å². The summed E-state index contributed by atoms with van der Waals surface area (Å²) in [5, 5.41) is 22.1. The molecule has 3 rings (SSSR count). The number of fused-ring (bicyclic) bond motifs is 1. The van der Waals surface area contributed by atoms with Gasteiger partial charge in [0.05, 0.1) is 10.0 Å². The molecule has 2 N–H and O–H groups in total. The van der Waals surface area contributed by atoms with E-state index in [-0.39, 0.29) is 6.61 Å². The minimum atomic E-state index is -1.74. The zero-order valence-electron chi connectivity index (χ0n) is 24.3. The van der Waals surface area contributed by atoms with Gasteiger partial charge in [0.1, 0.15) is 6.61 Å². The van der Waals surface area contributed by atoms with E-state index in [9.17, 15) is 19.5 Å². The molecule has 0 bridgehead atoms. The minimum Gasteiger partial charge on any atom is -0.480 e. The van der Waals surface area contributed by atoms with Crippen molar-refractivity contribution in [1.82, 2.24) is 4.90 Å². The van der Waals surface area contributed by atoms with Crippen molar-refractivity contribution in [2.24, 2.45) is 0 Å². The molecule has 8 nitrogen and oxygen atoms in total. The summed E-state index contributed by atoms with van der Waals surface area (Å²) in [7, 11) is 1.59. The Balaban J connectivity index is 1.48. The third kappa shape index (κ3) is 11.4. The standard InChI is InChI=1S/C33H39Cl2NO7/c1-36(18-8-2-4-10-23-14-16-25-12-6-7-13-26(25)20-23)32(39)30(31(33(40)41)43-22-29(37)38)42-19-9-3-5-11-24-15-17-27(34)28(35)21-24/h6-7,12-17,20-21,30-31H,2-5,8-11,18-19,22H2,1H3,(H,37,38)(H,40,41)/t30-,31-/m1/s1. The molecule has 2 atom stereocenters. The Hall–Kier alpha value is -3.17. The Morgan fingerprint density at radius 2 is 1.40 bits per heavy atom. The number of amides is 1. The average Bonchev–Trinajstić information content (AvgIpc) is 2.98. The summed E-state index contributed by atoms with van der Waals surface area (Å²) in [5.74, 6) is -3.34. The molecule has 1 amide bonds. The summed E-state index contributed by atoms with van der Waals surface area (Å²) < 4.78 is 10.8. The maximum Gasteiger partial charge on any atom is 0.336 e. The number of carbonyl (C=O) groups excluding carboxylic acids is 1. The largest absolute Gasteiger partial charge is 0.480 e. The van der Waals surface area contributed by atoms with Gasteiger partial charge in [-0.3, -0.25) is 4.79 Å². The second kappa shape index (κ2) is 17.8. The van der Waals surface area contributed by atoms with Crippen LogP contribution in [0.25, 0.3) is 10.8 Å². The molecule has 0 aliphatic rings. The van der Waals surface area contributed by atoms with Gasteiger partial charge in [0.15, 0.2) is 12.2 Å².